The zero-order valence-corrected chi connectivity index (χ0v) is 75.2. The number of aliphatic hydroxyl groups excluding tert-OH is 1. The Kier molecular flexibility index (Phi) is 82.9. The second kappa shape index (κ2) is 81.1. The lowest BCUT2D eigenvalue weighted by Crippen LogP contribution is -2.40. The van der Waals surface area contributed by atoms with Crippen molar-refractivity contribution in [1.82, 2.24) is 45.8 Å². The molecule has 0 saturated heterocycles. The van der Waals surface area contributed by atoms with Crippen molar-refractivity contribution >= 4 is 87.0 Å². The Labute approximate surface area is 691 Å². The number of unbranched alkanes of at least 4 members (excludes halogenated alkanes) is 22. The van der Waals surface area contributed by atoms with Gasteiger partial charge >= 0.3 is 17.9 Å². The number of aliphatic hydroxyl groups is 1. The molecule has 0 aromatic rings. The molecule has 664 valence electrons. The summed E-state index contributed by atoms with van der Waals surface area (Å²) in [5.74, 6) is -1.81. The van der Waals surface area contributed by atoms with Gasteiger partial charge in [0.1, 0.15) is 36.4 Å². The molecule has 6 N–H and O–H groups in total. The minimum Gasteiger partial charge on any atom is -0.480 e. The lowest BCUT2D eigenvalue weighted by molar-refractivity contribution is -0.160. The van der Waals surface area contributed by atoms with Crippen LogP contribution in [0.5, 0.6) is 0 Å². The van der Waals surface area contributed by atoms with E-state index in [2.05, 4.69) is 51.0 Å². The van der Waals surface area contributed by atoms with Gasteiger partial charge in [-0.2, -0.15) is 0 Å². The molecule has 0 aromatic carbocycles. The largest absolute Gasteiger partial charge is 0.480 e. The van der Waals surface area contributed by atoms with Crippen LogP contribution in [0.15, 0.2) is 0 Å². The molecule has 0 rings (SSSR count). The van der Waals surface area contributed by atoms with Gasteiger partial charge in [0.05, 0.1) is 26.4 Å². The molecule has 0 atom stereocenters. The van der Waals surface area contributed by atoms with Gasteiger partial charge in [0, 0.05) is 143 Å². The monoisotopic (exact) mass is 1680 g/mol. The van der Waals surface area contributed by atoms with E-state index in [1.165, 1.54) is 141 Å². The Bertz CT molecular complexity index is 2410. The van der Waals surface area contributed by atoms with Crippen molar-refractivity contribution < 1.29 is 91.4 Å². The number of aliphatic carboxylic acids is 1. The molecule has 0 heterocycles. The van der Waals surface area contributed by atoms with E-state index in [4.69, 9.17) is 33.9 Å². The number of ether oxygens (including phenoxy) is 5. The zero-order chi connectivity index (χ0) is 86.4. The normalized spacial score (nSPS) is 10.7. The fraction of sp³-hybridized carbons (Fsp3) is 0.857. The van der Waals surface area contributed by atoms with Gasteiger partial charge in [0.25, 0.3) is 0 Å². The van der Waals surface area contributed by atoms with Crippen molar-refractivity contribution in [3.05, 3.63) is 0 Å². The van der Waals surface area contributed by atoms with Crippen molar-refractivity contribution in [1.29, 1.82) is 0 Å². The molecule has 0 aliphatic rings. The molecule has 113 heavy (non-hydrogen) atoms. The van der Waals surface area contributed by atoms with E-state index >= 15 is 0 Å². The molecule has 0 radical (unpaired) electrons. The highest BCUT2D eigenvalue weighted by Crippen LogP contribution is 2.16. The van der Waals surface area contributed by atoms with Gasteiger partial charge in [-0.15, -0.1) is 0 Å². The maximum atomic E-state index is 13.2. The Morgan fingerprint density at radius 2 is 0.549 bits per heavy atom. The molecule has 0 unspecified atom stereocenters. The first-order chi connectivity index (χ1) is 53.8. The number of carboxylic acids is 1. The molecule has 0 bridgehead atoms. The number of carboxylic acid groups (broad SMARTS) is 1. The molecule has 0 aromatic heterocycles. The predicted octanol–water partition coefficient (Wildman–Crippen LogP) is 12.4. The SMILES string of the molecule is CC(C)(C)OC(=O)CBr.CCC(=O)NCCN(CCO)C(=O)CC.CCC(=O)NCCN(CCOCC(=O)O)C(=O)CC.CCC(=O)NCCN(CCOCC(=O)OC(C)(C)C)C(=O)CC.CCCCCCCCCCCCCCN(CCCCCCCCCCCCCC)C(=O)COCCN(CCNC(=O)CC)C(=O)CC. The van der Waals surface area contributed by atoms with Crippen LogP contribution in [0.1, 0.15) is 316 Å². The topological polar surface area (TPSA) is 356 Å². The number of carbonyl (C=O) groups excluding carboxylic acids is 11. The van der Waals surface area contributed by atoms with Crippen LogP contribution >= 0.6 is 15.9 Å². The van der Waals surface area contributed by atoms with Crippen LogP contribution in [-0.4, -0.2) is 260 Å². The molecule has 0 aliphatic heterocycles. The summed E-state index contributed by atoms with van der Waals surface area (Å²) in [4.78, 5) is 146. The summed E-state index contributed by atoms with van der Waals surface area (Å²) in [7, 11) is 0. The van der Waals surface area contributed by atoms with Crippen molar-refractivity contribution in [3.63, 3.8) is 0 Å². The van der Waals surface area contributed by atoms with Gasteiger partial charge < -0.3 is 79.7 Å². The smallest absolute Gasteiger partial charge is 0.332 e. The summed E-state index contributed by atoms with van der Waals surface area (Å²) in [6, 6.07) is 0. The standard InChI is InChI=1S/C40H79N3O4.C16H30N2O5.C12H22N2O5.C10H20N2O3.C6H11BrO2/c1-5-9-11-13-15-17-19-21-23-25-27-29-32-42(33-30-28-26-24-22-20-18-16-14-12-10-6-2)40(46)37-47-36-35-43(39(45)8-4)34-31-41-38(44)7-3;1-6-13(19)17-8-9-18(14(20)7-2)10-11-22-12-15(21)23-16(3,4)5;1-3-10(15)13-5-6-14(11(16)4-2)7-8-19-9-12(17)18;1-3-9(14)11-5-6-12(7-8-13)10(15)4-2;1-6(2,3)9-5(8)4-7/h5-37H2,1-4H3,(H,41,44);6-12H2,1-5H3,(H,17,19);3-9H2,1-2H3,(H,13,15)(H,17,18);13H,3-8H2,1-2H3,(H,11,14);4H2,1-3H3. The lowest BCUT2D eigenvalue weighted by Gasteiger charge is -2.24. The zero-order valence-electron chi connectivity index (χ0n) is 73.6. The molecule has 29 heteroatoms. The fourth-order valence-corrected chi connectivity index (χ4v) is 10.9. The molecule has 0 aliphatic carbocycles. The Morgan fingerprint density at radius 1 is 0.301 bits per heavy atom. The van der Waals surface area contributed by atoms with Crippen LogP contribution in [0.2, 0.25) is 0 Å². The van der Waals surface area contributed by atoms with Gasteiger partial charge in [-0.3, -0.25) is 47.9 Å². The summed E-state index contributed by atoms with van der Waals surface area (Å²) in [5, 5.41) is 28.4. The van der Waals surface area contributed by atoms with E-state index in [1.54, 1.807) is 81.9 Å². The quantitative estimate of drug-likeness (QED) is 0.0187. The summed E-state index contributed by atoms with van der Waals surface area (Å²) in [6.45, 7) is 36.4. The number of alkyl halides is 1. The second-order valence-electron chi connectivity index (χ2n) is 29.5. The van der Waals surface area contributed by atoms with Crippen LogP contribution in [0.4, 0.5) is 0 Å². The highest BCUT2D eigenvalue weighted by molar-refractivity contribution is 9.09. The number of nitrogens with one attached hydrogen (secondary N) is 4. The molecule has 0 spiro atoms. The average molecular weight is 1680 g/mol. The number of halogens is 1. The minimum absolute atomic E-state index is 0.00482. The third kappa shape index (κ3) is 82.3. The van der Waals surface area contributed by atoms with E-state index in [-0.39, 0.29) is 110 Å². The number of hydrogen-bond acceptors (Lipinski definition) is 18. The molecular formula is C84H162BrN9O19. The maximum absolute atomic E-state index is 13.2. The van der Waals surface area contributed by atoms with Gasteiger partial charge in [-0.1, -0.05) is 226 Å². The van der Waals surface area contributed by atoms with E-state index in [0.717, 1.165) is 25.9 Å². The second-order valence-corrected chi connectivity index (χ2v) is 30.1. The Balaban J connectivity index is -0.000000487. The summed E-state index contributed by atoms with van der Waals surface area (Å²) < 4.78 is 26.0. The van der Waals surface area contributed by atoms with Gasteiger partial charge in [-0.25, -0.2) is 9.59 Å². The highest BCUT2D eigenvalue weighted by atomic mass is 79.9. The Morgan fingerprint density at radius 3 is 0.788 bits per heavy atom. The molecular weight excluding hydrogens is 1520 g/mol. The summed E-state index contributed by atoms with van der Waals surface area (Å²) >= 11 is 2.99. The van der Waals surface area contributed by atoms with Crippen LogP contribution in [0.25, 0.3) is 0 Å². The van der Waals surface area contributed by atoms with Crippen LogP contribution in [0.3, 0.4) is 0 Å². The molecule has 9 amide bonds. The highest BCUT2D eigenvalue weighted by Gasteiger charge is 2.20. The van der Waals surface area contributed by atoms with E-state index in [1.807, 2.05) is 39.5 Å². The van der Waals surface area contributed by atoms with E-state index in [9.17, 15) is 57.5 Å². The van der Waals surface area contributed by atoms with Crippen molar-refractivity contribution in [2.24, 2.45) is 0 Å². The fourth-order valence-electron chi connectivity index (χ4n) is 10.8. The number of rotatable bonds is 64. The minimum atomic E-state index is -1.04. The first kappa shape index (κ1) is 116. The number of carbonyl (C=O) groups is 12. The number of amides is 9. The van der Waals surface area contributed by atoms with E-state index in [0.29, 0.717) is 137 Å². The maximum Gasteiger partial charge on any atom is 0.332 e. The van der Waals surface area contributed by atoms with Crippen molar-refractivity contribution in [2.45, 2.75) is 327 Å². The van der Waals surface area contributed by atoms with Crippen molar-refractivity contribution in [2.75, 3.05) is 143 Å². The van der Waals surface area contributed by atoms with Crippen LogP contribution in [0, 0.1) is 0 Å². The van der Waals surface area contributed by atoms with Gasteiger partial charge in [0.15, 0.2) is 0 Å². The number of nitrogens with zero attached hydrogens (tertiary/aromatic N) is 5. The first-order valence-electron chi connectivity index (χ1n) is 42.8. The first-order valence-corrected chi connectivity index (χ1v) is 43.9. The Hall–Kier alpha value is -6.04. The van der Waals surface area contributed by atoms with Crippen molar-refractivity contribution in [3.8, 4) is 0 Å². The third-order valence-corrected chi connectivity index (χ3v) is 17.6. The number of hydrogen-bond donors (Lipinski definition) is 6. The average Bonchev–Trinajstić information content (AvgIpc) is 0.974. The number of esters is 2. The summed E-state index contributed by atoms with van der Waals surface area (Å²) in [5.41, 5.74) is -0.896. The molecule has 28 nitrogen and oxygen atoms in total. The third-order valence-electron chi connectivity index (χ3n) is 17.1. The molecule has 0 saturated carbocycles. The van der Waals surface area contributed by atoms with Gasteiger partial charge in [0.2, 0.25) is 53.2 Å². The molecule has 0 fully saturated rings. The predicted molar refractivity (Wildman–Crippen MR) is 452 cm³/mol. The van der Waals surface area contributed by atoms with Gasteiger partial charge in [-0.05, 0) is 54.4 Å². The summed E-state index contributed by atoms with van der Waals surface area (Å²) in [6.07, 6.45) is 34.8. The van der Waals surface area contributed by atoms with Crippen LogP contribution < -0.4 is 21.3 Å². The van der Waals surface area contributed by atoms with E-state index < -0.39 is 17.5 Å². The van der Waals surface area contributed by atoms with Crippen LogP contribution in [-0.2, 0) is 81.2 Å². The lowest BCUT2D eigenvalue weighted by atomic mass is 10.0.